The van der Waals surface area contributed by atoms with Crippen LogP contribution in [0.3, 0.4) is 0 Å². The minimum absolute atomic E-state index is 0.135. The van der Waals surface area contributed by atoms with Crippen molar-refractivity contribution in [1.82, 2.24) is 4.98 Å². The Bertz CT molecular complexity index is 868. The normalized spacial score (nSPS) is 12.9. The van der Waals surface area contributed by atoms with Crippen LogP contribution in [0.2, 0.25) is 0 Å². The van der Waals surface area contributed by atoms with E-state index in [4.69, 9.17) is 9.47 Å². The lowest BCUT2D eigenvalue weighted by Crippen LogP contribution is -2.22. The molecule has 0 aliphatic rings. The van der Waals surface area contributed by atoms with Crippen LogP contribution in [0.4, 0.5) is 4.39 Å². The number of rotatable bonds is 8. The summed E-state index contributed by atoms with van der Waals surface area (Å²) in [5.74, 6) is -1.68. The van der Waals surface area contributed by atoms with Crippen LogP contribution >= 0.6 is 0 Å². The molecule has 0 saturated heterocycles. The van der Waals surface area contributed by atoms with Crippen molar-refractivity contribution in [3.05, 3.63) is 53.1 Å². The Morgan fingerprint density at radius 1 is 1.21 bits per heavy atom. The molecule has 0 bridgehead atoms. The van der Waals surface area contributed by atoms with Gasteiger partial charge in [0.25, 0.3) is 0 Å². The Hall–Kier alpha value is -2.96. The van der Waals surface area contributed by atoms with E-state index >= 15 is 0 Å². The molecule has 2 aromatic rings. The van der Waals surface area contributed by atoms with E-state index < -0.39 is 17.9 Å². The van der Waals surface area contributed by atoms with Gasteiger partial charge in [-0.25, -0.2) is 9.37 Å². The fourth-order valence-corrected chi connectivity index (χ4v) is 2.91. The standard InChI is InChI=1S/C21H24FNO5/c1-12-11-15(22)5-6-16(12)13(2)14(3)28-19(25)8-7-17(24)20-21(26)18(27-4)9-10-23-20/h5-6,9-11,13-14,26H,7-8H2,1-4H3/t13-,14+/m0/s1. The highest BCUT2D eigenvalue weighted by molar-refractivity contribution is 5.98. The number of ether oxygens (including phenoxy) is 2. The number of aromatic hydroxyl groups is 1. The highest BCUT2D eigenvalue weighted by atomic mass is 19.1. The number of hydrogen-bond acceptors (Lipinski definition) is 6. The molecule has 150 valence electrons. The number of methoxy groups -OCH3 is 1. The Kier molecular flexibility index (Phi) is 7.09. The molecule has 0 radical (unpaired) electrons. The van der Waals surface area contributed by atoms with Crippen molar-refractivity contribution in [3.8, 4) is 11.5 Å². The topological polar surface area (TPSA) is 85.7 Å². The first-order valence-electron chi connectivity index (χ1n) is 8.95. The van der Waals surface area contributed by atoms with Crippen molar-refractivity contribution < 1.29 is 28.6 Å². The van der Waals surface area contributed by atoms with E-state index in [1.54, 1.807) is 19.9 Å². The van der Waals surface area contributed by atoms with Gasteiger partial charge in [-0.3, -0.25) is 9.59 Å². The molecule has 0 saturated carbocycles. The van der Waals surface area contributed by atoms with Crippen molar-refractivity contribution in [1.29, 1.82) is 0 Å². The van der Waals surface area contributed by atoms with E-state index in [-0.39, 0.29) is 41.8 Å². The van der Waals surface area contributed by atoms with Gasteiger partial charge < -0.3 is 14.6 Å². The van der Waals surface area contributed by atoms with Crippen LogP contribution in [0.1, 0.15) is 54.2 Å². The molecule has 1 heterocycles. The summed E-state index contributed by atoms with van der Waals surface area (Å²) in [7, 11) is 1.37. The Morgan fingerprint density at radius 2 is 1.93 bits per heavy atom. The Balaban J connectivity index is 1.94. The molecule has 6 nitrogen and oxygen atoms in total. The summed E-state index contributed by atoms with van der Waals surface area (Å²) >= 11 is 0. The number of hydrogen-bond donors (Lipinski definition) is 1. The number of carbonyl (C=O) groups is 2. The van der Waals surface area contributed by atoms with Crippen LogP contribution in [0.15, 0.2) is 30.5 Å². The highest BCUT2D eigenvalue weighted by Gasteiger charge is 2.22. The lowest BCUT2D eigenvalue weighted by Gasteiger charge is -2.22. The number of benzene rings is 1. The molecule has 1 aromatic heterocycles. The summed E-state index contributed by atoms with van der Waals surface area (Å²) in [6, 6.07) is 5.92. The molecule has 0 aliphatic heterocycles. The van der Waals surface area contributed by atoms with Crippen molar-refractivity contribution >= 4 is 11.8 Å². The minimum atomic E-state index is -0.533. The molecule has 7 heteroatoms. The first-order chi connectivity index (χ1) is 13.2. The smallest absolute Gasteiger partial charge is 0.306 e. The van der Waals surface area contributed by atoms with Crippen LogP contribution < -0.4 is 4.74 Å². The van der Waals surface area contributed by atoms with Crippen LogP contribution in [0, 0.1) is 12.7 Å². The van der Waals surface area contributed by atoms with Crippen LogP contribution in [-0.4, -0.2) is 35.1 Å². The zero-order valence-electron chi connectivity index (χ0n) is 16.4. The van der Waals surface area contributed by atoms with Gasteiger partial charge in [0.05, 0.1) is 13.5 Å². The lowest BCUT2D eigenvalue weighted by atomic mass is 9.92. The first-order valence-corrected chi connectivity index (χ1v) is 8.95. The zero-order valence-corrected chi connectivity index (χ0v) is 16.4. The number of aromatic nitrogens is 1. The largest absolute Gasteiger partial charge is 0.503 e. The maximum Gasteiger partial charge on any atom is 0.306 e. The third-order valence-electron chi connectivity index (χ3n) is 4.67. The van der Waals surface area contributed by atoms with Crippen LogP contribution in [0.5, 0.6) is 11.5 Å². The number of aryl methyl sites for hydroxylation is 1. The summed E-state index contributed by atoms with van der Waals surface area (Å²) in [6.45, 7) is 5.44. The Morgan fingerprint density at radius 3 is 2.57 bits per heavy atom. The molecule has 1 aromatic carbocycles. The molecule has 0 aliphatic carbocycles. The fraction of sp³-hybridized carbons (Fsp3) is 0.381. The van der Waals surface area contributed by atoms with Gasteiger partial charge in [-0.15, -0.1) is 0 Å². The quantitative estimate of drug-likeness (QED) is 0.544. The third kappa shape index (κ3) is 5.06. The number of nitrogens with zero attached hydrogens (tertiary/aromatic N) is 1. The van der Waals surface area contributed by atoms with Gasteiger partial charge in [0.1, 0.15) is 11.9 Å². The van der Waals surface area contributed by atoms with Crippen molar-refractivity contribution in [2.75, 3.05) is 7.11 Å². The molecule has 2 rings (SSSR count). The second kappa shape index (κ2) is 9.30. The summed E-state index contributed by atoms with van der Waals surface area (Å²) < 4.78 is 23.6. The number of pyridine rings is 1. The van der Waals surface area contributed by atoms with Gasteiger partial charge in [0, 0.05) is 24.6 Å². The molecule has 0 unspecified atom stereocenters. The molecule has 28 heavy (non-hydrogen) atoms. The number of halogens is 1. The minimum Gasteiger partial charge on any atom is -0.503 e. The molecule has 1 N–H and O–H groups in total. The van der Waals surface area contributed by atoms with Crippen molar-refractivity contribution in [2.24, 2.45) is 0 Å². The predicted molar refractivity (Wildman–Crippen MR) is 101 cm³/mol. The van der Waals surface area contributed by atoms with E-state index in [1.165, 1.54) is 31.5 Å². The zero-order chi connectivity index (χ0) is 20.8. The van der Waals surface area contributed by atoms with Gasteiger partial charge in [-0.2, -0.15) is 0 Å². The molecule has 0 amide bonds. The predicted octanol–water partition coefficient (Wildman–Crippen LogP) is 3.94. The van der Waals surface area contributed by atoms with Crippen molar-refractivity contribution in [3.63, 3.8) is 0 Å². The SMILES string of the molecule is COc1ccnc(C(=O)CCC(=O)O[C@H](C)[C@H](C)c2ccc(F)cc2C)c1O. The fourth-order valence-electron chi connectivity index (χ4n) is 2.91. The van der Waals surface area contributed by atoms with Crippen LogP contribution in [0.25, 0.3) is 0 Å². The summed E-state index contributed by atoms with van der Waals surface area (Å²) in [5.41, 5.74) is 1.53. The van der Waals surface area contributed by atoms with Gasteiger partial charge >= 0.3 is 5.97 Å². The van der Waals surface area contributed by atoms with E-state index in [1.807, 2.05) is 6.92 Å². The van der Waals surface area contributed by atoms with Gasteiger partial charge in [0.2, 0.25) is 0 Å². The number of Topliss-reactive ketones (excluding diaryl/α,β-unsaturated/α-hetero) is 1. The van der Waals surface area contributed by atoms with E-state index in [9.17, 15) is 19.1 Å². The number of carbonyl (C=O) groups excluding carboxylic acids is 2. The summed E-state index contributed by atoms with van der Waals surface area (Å²) in [5, 5.41) is 9.96. The van der Waals surface area contributed by atoms with E-state index in [0.29, 0.717) is 0 Å². The van der Waals surface area contributed by atoms with E-state index in [2.05, 4.69) is 4.98 Å². The highest BCUT2D eigenvalue weighted by Crippen LogP contribution is 2.29. The first kappa shape index (κ1) is 21.3. The lowest BCUT2D eigenvalue weighted by molar-refractivity contribution is -0.149. The second-order valence-corrected chi connectivity index (χ2v) is 6.62. The average Bonchev–Trinajstić information content (AvgIpc) is 2.65. The van der Waals surface area contributed by atoms with Crippen molar-refractivity contribution in [2.45, 2.75) is 45.6 Å². The van der Waals surface area contributed by atoms with Crippen LogP contribution in [-0.2, 0) is 9.53 Å². The summed E-state index contributed by atoms with van der Waals surface area (Å²) in [4.78, 5) is 28.2. The maximum absolute atomic E-state index is 13.3. The number of esters is 1. The molecular formula is C21H24FNO5. The molecule has 2 atom stereocenters. The monoisotopic (exact) mass is 389 g/mol. The third-order valence-corrected chi connectivity index (χ3v) is 4.67. The summed E-state index contributed by atoms with van der Waals surface area (Å²) in [6.07, 6.45) is 0.605. The molecule has 0 spiro atoms. The van der Waals surface area contributed by atoms with Gasteiger partial charge in [0.15, 0.2) is 23.0 Å². The Labute approximate surface area is 163 Å². The maximum atomic E-state index is 13.3. The van der Waals surface area contributed by atoms with Gasteiger partial charge in [-0.05, 0) is 37.1 Å². The number of ketones is 1. The van der Waals surface area contributed by atoms with Gasteiger partial charge in [-0.1, -0.05) is 13.0 Å². The second-order valence-electron chi connectivity index (χ2n) is 6.62. The average molecular weight is 389 g/mol. The van der Waals surface area contributed by atoms with E-state index in [0.717, 1.165) is 11.1 Å². The molecule has 0 fully saturated rings. The molecular weight excluding hydrogens is 365 g/mol.